The summed E-state index contributed by atoms with van der Waals surface area (Å²) >= 11 is 0. The van der Waals surface area contributed by atoms with E-state index < -0.39 is 10.0 Å². The molecular formula is C16H20O3S. The molecular weight excluding hydrogens is 272 g/mol. The minimum absolute atomic E-state index is 0.0905. The van der Waals surface area contributed by atoms with Gasteiger partial charge in [0.15, 0.2) is 0 Å². The molecule has 0 amide bonds. The highest BCUT2D eigenvalue weighted by molar-refractivity contribution is 8.35. The minimum Gasteiger partial charge on any atom is -0.493 e. The molecule has 0 aromatic heterocycles. The Balaban J connectivity index is 2.18. The van der Waals surface area contributed by atoms with Gasteiger partial charge >= 0.3 is 5.97 Å². The number of carbonyl (C=O) groups is 1. The van der Waals surface area contributed by atoms with Gasteiger partial charge in [0.25, 0.3) is 0 Å². The number of carbonyl (C=O) groups excluding carboxylic acids is 1. The smallest absolute Gasteiger partial charge is 0.306 e. The lowest BCUT2D eigenvalue weighted by molar-refractivity contribution is -0.141. The van der Waals surface area contributed by atoms with E-state index in [1.165, 1.54) is 7.11 Å². The van der Waals surface area contributed by atoms with Crippen molar-refractivity contribution in [3.63, 3.8) is 0 Å². The summed E-state index contributed by atoms with van der Waals surface area (Å²) in [4.78, 5) is 11.4. The Labute approximate surface area is 122 Å². The van der Waals surface area contributed by atoms with E-state index >= 15 is 0 Å². The highest BCUT2D eigenvalue weighted by Crippen LogP contribution is 2.37. The van der Waals surface area contributed by atoms with E-state index in [2.05, 4.69) is 29.9 Å². The zero-order chi connectivity index (χ0) is 14.8. The summed E-state index contributed by atoms with van der Waals surface area (Å²) in [5.74, 6) is 3.93. The molecule has 0 fully saturated rings. The van der Waals surface area contributed by atoms with Crippen LogP contribution in [0.25, 0.3) is 0 Å². The summed E-state index contributed by atoms with van der Waals surface area (Å²) in [5.41, 5.74) is 2.04. The van der Waals surface area contributed by atoms with Crippen molar-refractivity contribution in [1.82, 2.24) is 0 Å². The van der Waals surface area contributed by atoms with Crippen LogP contribution in [0.3, 0.4) is 0 Å². The lowest BCUT2D eigenvalue weighted by Gasteiger charge is -2.14. The Morgan fingerprint density at radius 3 is 2.85 bits per heavy atom. The molecule has 1 unspecified atom stereocenters. The summed E-state index contributed by atoms with van der Waals surface area (Å²) in [7, 11) is 0.580. The summed E-state index contributed by atoms with van der Waals surface area (Å²) in [6.07, 6.45) is 6.85. The third-order valence-electron chi connectivity index (χ3n) is 3.04. The van der Waals surface area contributed by atoms with E-state index in [0.29, 0.717) is 13.0 Å². The van der Waals surface area contributed by atoms with Crippen LogP contribution >= 0.6 is 10.0 Å². The molecule has 0 saturated carbocycles. The fourth-order valence-corrected chi connectivity index (χ4v) is 2.44. The quantitative estimate of drug-likeness (QED) is 0.621. The van der Waals surface area contributed by atoms with Gasteiger partial charge in [0.2, 0.25) is 0 Å². The predicted octanol–water partition coefficient (Wildman–Crippen LogP) is 2.73. The first-order chi connectivity index (χ1) is 9.39. The minimum atomic E-state index is -0.830. The molecule has 2 rings (SSSR count). The maximum absolute atomic E-state index is 11.4. The molecule has 0 saturated heterocycles. The van der Waals surface area contributed by atoms with E-state index in [1.54, 1.807) is 0 Å². The molecule has 1 atom stereocenters. The Hall–Kier alpha value is -1.60. The van der Waals surface area contributed by atoms with Gasteiger partial charge in [-0.05, 0) is 36.2 Å². The van der Waals surface area contributed by atoms with Gasteiger partial charge in [0.05, 0.1) is 20.1 Å². The highest BCUT2D eigenvalue weighted by atomic mass is 32.3. The molecule has 0 radical (unpaired) electrons. The van der Waals surface area contributed by atoms with Crippen LogP contribution in [0.15, 0.2) is 18.2 Å². The molecule has 1 heterocycles. The standard InChI is InChI=1S/C16H20O3S/c1-18-16(17)10-13-11-19-15-9-12(5-6-14(13)15)7-8-20(2,3)4/h5-6,9,13H,10-11H2,1-4H3. The van der Waals surface area contributed by atoms with Crippen molar-refractivity contribution in [2.45, 2.75) is 12.3 Å². The van der Waals surface area contributed by atoms with Crippen molar-refractivity contribution in [2.75, 3.05) is 32.5 Å². The van der Waals surface area contributed by atoms with Crippen molar-refractivity contribution >= 4 is 16.0 Å². The van der Waals surface area contributed by atoms with Crippen LogP contribution in [0.2, 0.25) is 0 Å². The van der Waals surface area contributed by atoms with E-state index in [1.807, 2.05) is 18.2 Å². The fraction of sp³-hybridized carbons (Fsp3) is 0.438. The third kappa shape index (κ3) is 3.71. The summed E-state index contributed by atoms with van der Waals surface area (Å²) < 4.78 is 10.4. The SMILES string of the molecule is COC(=O)CC1COc2cc(C#CS(C)(C)C)ccc21. The molecule has 108 valence electrons. The molecule has 20 heavy (non-hydrogen) atoms. The van der Waals surface area contributed by atoms with E-state index in [-0.39, 0.29) is 11.9 Å². The second-order valence-electron chi connectivity index (χ2n) is 5.60. The number of methoxy groups -OCH3 is 1. The number of fused-ring (bicyclic) bond motifs is 1. The molecule has 0 spiro atoms. The van der Waals surface area contributed by atoms with Gasteiger partial charge in [0, 0.05) is 17.0 Å². The van der Waals surface area contributed by atoms with Gasteiger partial charge in [-0.2, -0.15) is 10.0 Å². The van der Waals surface area contributed by atoms with Crippen molar-refractivity contribution in [1.29, 1.82) is 0 Å². The third-order valence-corrected chi connectivity index (χ3v) is 3.75. The van der Waals surface area contributed by atoms with E-state index in [9.17, 15) is 4.79 Å². The first-order valence-electron chi connectivity index (χ1n) is 6.43. The predicted molar refractivity (Wildman–Crippen MR) is 83.6 cm³/mol. The monoisotopic (exact) mass is 292 g/mol. The van der Waals surface area contributed by atoms with Gasteiger partial charge in [-0.1, -0.05) is 12.0 Å². The molecule has 1 aliphatic rings. The van der Waals surface area contributed by atoms with Crippen LogP contribution in [0.5, 0.6) is 5.75 Å². The molecule has 1 aliphatic heterocycles. The van der Waals surface area contributed by atoms with Crippen molar-refractivity contribution in [2.24, 2.45) is 0 Å². The van der Waals surface area contributed by atoms with Gasteiger partial charge in [-0.25, -0.2) is 0 Å². The Kier molecular flexibility index (Phi) is 4.29. The second kappa shape index (κ2) is 5.80. The highest BCUT2D eigenvalue weighted by Gasteiger charge is 2.26. The lowest BCUT2D eigenvalue weighted by atomic mass is 9.97. The van der Waals surface area contributed by atoms with E-state index in [4.69, 9.17) is 9.47 Å². The van der Waals surface area contributed by atoms with Gasteiger partial charge in [0.1, 0.15) is 5.75 Å². The second-order valence-corrected chi connectivity index (χ2v) is 9.48. The zero-order valence-corrected chi connectivity index (χ0v) is 13.2. The molecule has 3 nitrogen and oxygen atoms in total. The van der Waals surface area contributed by atoms with E-state index in [0.717, 1.165) is 16.9 Å². The number of rotatable bonds is 2. The van der Waals surface area contributed by atoms with Crippen LogP contribution in [0.4, 0.5) is 0 Å². The van der Waals surface area contributed by atoms with Crippen LogP contribution < -0.4 is 4.74 Å². The largest absolute Gasteiger partial charge is 0.493 e. The van der Waals surface area contributed by atoms with Crippen molar-refractivity contribution < 1.29 is 14.3 Å². The van der Waals surface area contributed by atoms with Gasteiger partial charge < -0.3 is 9.47 Å². The number of ether oxygens (including phenoxy) is 2. The summed E-state index contributed by atoms with van der Waals surface area (Å²) in [6, 6.07) is 5.97. The van der Waals surface area contributed by atoms with Crippen LogP contribution in [-0.4, -0.2) is 38.5 Å². The zero-order valence-electron chi connectivity index (χ0n) is 12.4. The molecule has 0 N–H and O–H groups in total. The number of esters is 1. The maximum Gasteiger partial charge on any atom is 0.306 e. The normalized spacial score (nSPS) is 17.5. The molecule has 4 heteroatoms. The first kappa shape index (κ1) is 14.8. The fourth-order valence-electron chi connectivity index (χ4n) is 2.02. The number of hydrogen-bond donors (Lipinski definition) is 0. The average molecular weight is 292 g/mol. The van der Waals surface area contributed by atoms with Crippen molar-refractivity contribution in [3.05, 3.63) is 29.3 Å². The molecule has 1 aromatic rings. The van der Waals surface area contributed by atoms with Gasteiger partial charge in [-0.15, -0.1) is 0 Å². The lowest BCUT2D eigenvalue weighted by Crippen LogP contribution is -2.09. The Morgan fingerprint density at radius 1 is 1.45 bits per heavy atom. The maximum atomic E-state index is 11.4. The van der Waals surface area contributed by atoms with Crippen molar-refractivity contribution in [3.8, 4) is 16.9 Å². The number of benzene rings is 1. The van der Waals surface area contributed by atoms with Crippen LogP contribution in [0, 0.1) is 11.2 Å². The Morgan fingerprint density at radius 2 is 2.20 bits per heavy atom. The summed E-state index contributed by atoms with van der Waals surface area (Å²) in [5, 5.41) is 3.29. The van der Waals surface area contributed by atoms with Crippen LogP contribution in [0.1, 0.15) is 23.5 Å². The molecule has 0 aliphatic carbocycles. The first-order valence-corrected chi connectivity index (χ1v) is 9.29. The van der Waals surface area contributed by atoms with Gasteiger partial charge in [-0.3, -0.25) is 4.79 Å². The van der Waals surface area contributed by atoms with Crippen LogP contribution in [-0.2, 0) is 9.53 Å². The number of hydrogen-bond acceptors (Lipinski definition) is 3. The molecule has 1 aromatic carbocycles. The topological polar surface area (TPSA) is 35.5 Å². The molecule has 0 bridgehead atoms. The summed E-state index contributed by atoms with van der Waals surface area (Å²) in [6.45, 7) is 0.534. The average Bonchev–Trinajstić information content (AvgIpc) is 2.78. The Bertz CT molecular complexity index is 576.